The second kappa shape index (κ2) is 7.20. The van der Waals surface area contributed by atoms with E-state index in [9.17, 15) is 14.0 Å². The van der Waals surface area contributed by atoms with Gasteiger partial charge < -0.3 is 14.4 Å². The monoisotopic (exact) mass is 337 g/mol. The van der Waals surface area contributed by atoms with Gasteiger partial charge in [-0.1, -0.05) is 6.07 Å². The minimum absolute atomic E-state index is 0.0818. The van der Waals surface area contributed by atoms with Gasteiger partial charge >= 0.3 is 12.1 Å². The van der Waals surface area contributed by atoms with E-state index in [4.69, 9.17) is 9.47 Å². The molecule has 1 saturated heterocycles. The molecule has 1 fully saturated rings. The molecule has 0 radical (unpaired) electrons. The topological polar surface area (TPSA) is 55.8 Å². The van der Waals surface area contributed by atoms with Gasteiger partial charge in [0, 0.05) is 13.1 Å². The van der Waals surface area contributed by atoms with Crippen molar-refractivity contribution in [3.05, 3.63) is 35.1 Å². The number of benzene rings is 1. The van der Waals surface area contributed by atoms with Gasteiger partial charge in [-0.15, -0.1) is 0 Å². The number of nitrogens with zero attached hydrogens (tertiary/aromatic N) is 1. The summed E-state index contributed by atoms with van der Waals surface area (Å²) >= 11 is 0. The number of rotatable bonds is 2. The summed E-state index contributed by atoms with van der Waals surface area (Å²) in [6.45, 7) is 6.57. The zero-order valence-electron chi connectivity index (χ0n) is 14.6. The third kappa shape index (κ3) is 4.46. The van der Waals surface area contributed by atoms with Crippen molar-refractivity contribution in [1.82, 2.24) is 4.90 Å². The number of piperidine rings is 1. The van der Waals surface area contributed by atoms with Crippen LogP contribution in [-0.2, 0) is 9.47 Å². The molecule has 0 atom stereocenters. The first-order valence-corrected chi connectivity index (χ1v) is 8.07. The standard InChI is InChI=1S/C18H24FNO4/c1-18(2,3)24-17(22)20-9-7-12(8-10-20)14-6-5-13(19)11-15(14)16(21)23-4/h5-6,11-12H,7-10H2,1-4H3. The predicted molar refractivity (Wildman–Crippen MR) is 87.5 cm³/mol. The van der Waals surface area contributed by atoms with E-state index in [0.29, 0.717) is 25.9 Å². The molecular formula is C18H24FNO4. The summed E-state index contributed by atoms with van der Waals surface area (Å²) in [5, 5.41) is 0. The predicted octanol–water partition coefficient (Wildman–Crippen LogP) is 3.73. The summed E-state index contributed by atoms with van der Waals surface area (Å²) < 4.78 is 23.6. The van der Waals surface area contributed by atoms with Gasteiger partial charge in [0.05, 0.1) is 12.7 Å². The molecule has 0 aliphatic carbocycles. The second-order valence-electron chi connectivity index (χ2n) is 6.96. The third-order valence-electron chi connectivity index (χ3n) is 4.01. The van der Waals surface area contributed by atoms with Gasteiger partial charge in [0.2, 0.25) is 0 Å². The van der Waals surface area contributed by atoms with E-state index in [0.717, 1.165) is 5.56 Å². The Morgan fingerprint density at radius 3 is 2.38 bits per heavy atom. The molecule has 0 bridgehead atoms. The number of carbonyl (C=O) groups is 2. The van der Waals surface area contributed by atoms with Crippen molar-refractivity contribution in [2.24, 2.45) is 0 Å². The quantitative estimate of drug-likeness (QED) is 0.772. The molecule has 0 spiro atoms. The van der Waals surface area contributed by atoms with Gasteiger partial charge in [0.15, 0.2) is 0 Å². The van der Waals surface area contributed by atoms with Crippen molar-refractivity contribution in [2.45, 2.75) is 45.1 Å². The van der Waals surface area contributed by atoms with Crippen LogP contribution in [0.2, 0.25) is 0 Å². The number of amides is 1. The van der Waals surface area contributed by atoms with Gasteiger partial charge in [-0.25, -0.2) is 14.0 Å². The summed E-state index contributed by atoms with van der Waals surface area (Å²) in [5.74, 6) is -0.928. The number of carbonyl (C=O) groups excluding carboxylic acids is 2. The van der Waals surface area contributed by atoms with Gasteiger partial charge in [-0.05, 0) is 57.2 Å². The van der Waals surface area contributed by atoms with Crippen LogP contribution in [-0.4, -0.2) is 42.8 Å². The first-order valence-electron chi connectivity index (χ1n) is 8.07. The molecular weight excluding hydrogens is 313 g/mol. The molecule has 24 heavy (non-hydrogen) atoms. The lowest BCUT2D eigenvalue weighted by Gasteiger charge is -2.34. The molecule has 1 aromatic carbocycles. The average Bonchev–Trinajstić information content (AvgIpc) is 2.52. The van der Waals surface area contributed by atoms with E-state index in [-0.39, 0.29) is 17.6 Å². The van der Waals surface area contributed by atoms with E-state index >= 15 is 0 Å². The molecule has 1 aliphatic rings. The third-order valence-corrected chi connectivity index (χ3v) is 4.01. The molecule has 1 aliphatic heterocycles. The van der Waals surface area contributed by atoms with Crippen LogP contribution in [0, 0.1) is 5.82 Å². The lowest BCUT2D eigenvalue weighted by Crippen LogP contribution is -2.41. The van der Waals surface area contributed by atoms with Crippen LogP contribution in [0.15, 0.2) is 18.2 Å². The molecule has 1 aromatic rings. The van der Waals surface area contributed by atoms with Crippen molar-refractivity contribution < 1.29 is 23.5 Å². The number of ether oxygens (including phenoxy) is 2. The van der Waals surface area contributed by atoms with Gasteiger partial charge in [0.25, 0.3) is 0 Å². The maximum absolute atomic E-state index is 13.5. The molecule has 0 aromatic heterocycles. The minimum atomic E-state index is -0.543. The van der Waals surface area contributed by atoms with Crippen LogP contribution in [0.3, 0.4) is 0 Å². The van der Waals surface area contributed by atoms with E-state index in [1.165, 1.54) is 19.2 Å². The van der Waals surface area contributed by atoms with Crippen LogP contribution >= 0.6 is 0 Å². The molecule has 132 valence electrons. The van der Waals surface area contributed by atoms with E-state index < -0.39 is 17.4 Å². The van der Waals surface area contributed by atoms with Gasteiger partial charge in [0.1, 0.15) is 11.4 Å². The van der Waals surface area contributed by atoms with Crippen molar-refractivity contribution in [3.8, 4) is 0 Å². The van der Waals surface area contributed by atoms with Crippen LogP contribution in [0.5, 0.6) is 0 Å². The summed E-state index contributed by atoms with van der Waals surface area (Å²) in [6.07, 6.45) is 1.05. The fourth-order valence-electron chi connectivity index (χ4n) is 2.87. The number of hydrogen-bond acceptors (Lipinski definition) is 4. The minimum Gasteiger partial charge on any atom is -0.465 e. The first-order chi connectivity index (χ1) is 11.2. The van der Waals surface area contributed by atoms with Crippen LogP contribution in [0.1, 0.15) is 55.5 Å². The van der Waals surface area contributed by atoms with Crippen LogP contribution in [0.25, 0.3) is 0 Å². The molecule has 2 rings (SSSR count). The molecule has 6 heteroatoms. The van der Waals surface area contributed by atoms with E-state index in [1.807, 2.05) is 20.8 Å². The average molecular weight is 337 g/mol. The number of hydrogen-bond donors (Lipinski definition) is 0. The molecule has 0 unspecified atom stereocenters. The lowest BCUT2D eigenvalue weighted by molar-refractivity contribution is 0.0203. The highest BCUT2D eigenvalue weighted by Gasteiger charge is 2.29. The van der Waals surface area contributed by atoms with Gasteiger partial charge in [-0.3, -0.25) is 0 Å². The first kappa shape index (κ1) is 18.2. The van der Waals surface area contributed by atoms with Crippen molar-refractivity contribution in [3.63, 3.8) is 0 Å². The Balaban J connectivity index is 2.07. The molecule has 0 saturated carbocycles. The Bertz CT molecular complexity index is 616. The van der Waals surface area contributed by atoms with Crippen molar-refractivity contribution >= 4 is 12.1 Å². The fourth-order valence-corrected chi connectivity index (χ4v) is 2.87. The highest BCUT2D eigenvalue weighted by Crippen LogP contribution is 2.31. The largest absolute Gasteiger partial charge is 0.465 e. The Morgan fingerprint density at radius 1 is 1.21 bits per heavy atom. The summed E-state index contributed by atoms with van der Waals surface area (Å²) in [7, 11) is 1.28. The van der Waals surface area contributed by atoms with Crippen molar-refractivity contribution in [2.75, 3.05) is 20.2 Å². The number of halogens is 1. The molecule has 0 N–H and O–H groups in total. The second-order valence-corrected chi connectivity index (χ2v) is 6.96. The molecule has 5 nitrogen and oxygen atoms in total. The Morgan fingerprint density at radius 2 is 1.83 bits per heavy atom. The molecule has 1 amide bonds. The molecule has 1 heterocycles. The summed E-state index contributed by atoms with van der Waals surface area (Å²) in [6, 6.07) is 4.19. The fraction of sp³-hybridized carbons (Fsp3) is 0.556. The summed E-state index contributed by atoms with van der Waals surface area (Å²) in [5.41, 5.74) is 0.503. The highest BCUT2D eigenvalue weighted by atomic mass is 19.1. The van der Waals surface area contributed by atoms with E-state index in [2.05, 4.69) is 0 Å². The highest BCUT2D eigenvalue weighted by molar-refractivity contribution is 5.91. The zero-order chi connectivity index (χ0) is 17.9. The van der Waals surface area contributed by atoms with Crippen molar-refractivity contribution in [1.29, 1.82) is 0 Å². The normalized spacial score (nSPS) is 16.0. The smallest absolute Gasteiger partial charge is 0.410 e. The Kier molecular flexibility index (Phi) is 5.47. The number of esters is 1. The van der Waals surface area contributed by atoms with Crippen LogP contribution < -0.4 is 0 Å². The number of likely N-dealkylation sites (tertiary alicyclic amines) is 1. The lowest BCUT2D eigenvalue weighted by atomic mass is 9.86. The van der Waals surface area contributed by atoms with Gasteiger partial charge in [-0.2, -0.15) is 0 Å². The number of methoxy groups -OCH3 is 1. The zero-order valence-corrected chi connectivity index (χ0v) is 14.6. The maximum atomic E-state index is 13.5. The Hall–Kier alpha value is -2.11. The van der Waals surface area contributed by atoms with E-state index in [1.54, 1.807) is 11.0 Å². The maximum Gasteiger partial charge on any atom is 0.410 e. The van der Waals surface area contributed by atoms with Crippen LogP contribution in [0.4, 0.5) is 9.18 Å². The summed E-state index contributed by atoms with van der Waals surface area (Å²) in [4.78, 5) is 25.7. The SMILES string of the molecule is COC(=O)c1cc(F)ccc1C1CCN(C(=O)OC(C)(C)C)CC1. The Labute approximate surface area is 141 Å².